The van der Waals surface area contributed by atoms with Gasteiger partial charge in [0.15, 0.2) is 11.6 Å². The molecular formula is C47H31N3O2. The summed E-state index contributed by atoms with van der Waals surface area (Å²) in [7, 11) is 0. The maximum absolute atomic E-state index is 6.82. The van der Waals surface area contributed by atoms with Crippen molar-refractivity contribution in [1.29, 1.82) is 0 Å². The molecule has 3 aliphatic rings. The van der Waals surface area contributed by atoms with Gasteiger partial charge in [-0.2, -0.15) is 0 Å². The van der Waals surface area contributed by atoms with E-state index in [1.807, 2.05) is 18.2 Å². The predicted molar refractivity (Wildman–Crippen MR) is 211 cm³/mol. The van der Waals surface area contributed by atoms with Crippen LogP contribution in [0.5, 0.6) is 0 Å². The van der Waals surface area contributed by atoms with Crippen molar-refractivity contribution in [2.24, 2.45) is 11.8 Å². The largest absolute Gasteiger partial charge is 0.456 e. The molecule has 0 spiro atoms. The first-order valence-corrected chi connectivity index (χ1v) is 17.9. The van der Waals surface area contributed by atoms with E-state index >= 15 is 0 Å². The SMILES string of the molecule is C1=CCC(c2nc(-c3ccc4c(c3)oc3ccccc34)nc(-c3cc4ccccc4c4oc5cc(C6=CC7C=CC=C[C@@H]7C=C6)ccc5c34)n2)C=C1. The first kappa shape index (κ1) is 29.2. The molecule has 246 valence electrons. The zero-order valence-electron chi connectivity index (χ0n) is 28.1. The molecule has 5 aromatic carbocycles. The number of furan rings is 2. The van der Waals surface area contributed by atoms with E-state index in [-0.39, 0.29) is 5.92 Å². The number of nitrogens with zero attached hydrogens (tertiary/aromatic N) is 3. The number of rotatable bonds is 4. The van der Waals surface area contributed by atoms with Gasteiger partial charge in [0.25, 0.3) is 0 Å². The van der Waals surface area contributed by atoms with Crippen molar-refractivity contribution >= 4 is 60.2 Å². The summed E-state index contributed by atoms with van der Waals surface area (Å²) in [6.07, 6.45) is 25.0. The van der Waals surface area contributed by atoms with Crippen LogP contribution in [0.3, 0.4) is 0 Å². The molecule has 3 atom stereocenters. The molecular weight excluding hydrogens is 639 g/mol. The maximum atomic E-state index is 6.82. The summed E-state index contributed by atoms with van der Waals surface area (Å²) >= 11 is 0. The van der Waals surface area contributed by atoms with Gasteiger partial charge in [-0.15, -0.1) is 0 Å². The lowest BCUT2D eigenvalue weighted by molar-refractivity contribution is 0.662. The van der Waals surface area contributed by atoms with Crippen LogP contribution in [0.15, 0.2) is 167 Å². The van der Waals surface area contributed by atoms with Crippen molar-refractivity contribution in [2.45, 2.75) is 12.3 Å². The van der Waals surface area contributed by atoms with Crippen molar-refractivity contribution < 1.29 is 8.83 Å². The Morgan fingerprint density at radius 3 is 2.23 bits per heavy atom. The van der Waals surface area contributed by atoms with Gasteiger partial charge in [-0.05, 0) is 59.3 Å². The van der Waals surface area contributed by atoms with E-state index in [1.165, 1.54) is 5.57 Å². The van der Waals surface area contributed by atoms with Gasteiger partial charge in [-0.25, -0.2) is 15.0 Å². The Labute approximate surface area is 299 Å². The van der Waals surface area contributed by atoms with E-state index in [0.29, 0.717) is 23.5 Å². The number of hydrogen-bond acceptors (Lipinski definition) is 5. The quantitative estimate of drug-likeness (QED) is 0.187. The molecule has 0 N–H and O–H groups in total. The molecule has 0 amide bonds. The Morgan fingerprint density at radius 1 is 0.558 bits per heavy atom. The average molecular weight is 670 g/mol. The van der Waals surface area contributed by atoms with E-state index in [2.05, 4.69) is 140 Å². The molecule has 0 saturated heterocycles. The fraction of sp³-hybridized carbons (Fsp3) is 0.0851. The van der Waals surface area contributed by atoms with E-state index in [0.717, 1.165) is 83.6 Å². The van der Waals surface area contributed by atoms with Gasteiger partial charge in [0.1, 0.15) is 28.2 Å². The standard InChI is InChI=1S/C47H31N3O2/c1-2-11-29(12-3-1)45-48-46(34-21-22-37-36-16-8-9-17-40(36)51-41(37)27-34)50-47(49-45)39-25-33-14-6-7-15-35(33)44-43(39)38-23-20-32(26-42(38)52-44)31-19-18-28-10-4-5-13-30(28)24-31/h1-11,13-30H,12H2/t28-,29?,30?/m1/s1. The van der Waals surface area contributed by atoms with Crippen LogP contribution in [-0.2, 0) is 0 Å². The average Bonchev–Trinajstić information content (AvgIpc) is 3.79. The van der Waals surface area contributed by atoms with Gasteiger partial charge >= 0.3 is 0 Å². The van der Waals surface area contributed by atoms with Gasteiger partial charge in [0.05, 0.1) is 0 Å². The van der Waals surface area contributed by atoms with Crippen LogP contribution in [0.2, 0.25) is 0 Å². The summed E-state index contributed by atoms with van der Waals surface area (Å²) in [4.78, 5) is 15.5. The fourth-order valence-corrected chi connectivity index (χ4v) is 8.08. The molecule has 2 unspecified atom stereocenters. The fourth-order valence-electron chi connectivity index (χ4n) is 8.08. The third kappa shape index (κ3) is 4.66. The number of fused-ring (bicyclic) bond motifs is 9. The van der Waals surface area contributed by atoms with Crippen molar-refractivity contribution in [1.82, 2.24) is 15.0 Å². The Morgan fingerprint density at radius 2 is 1.31 bits per heavy atom. The molecule has 0 aliphatic heterocycles. The highest BCUT2D eigenvalue weighted by molar-refractivity contribution is 6.21. The molecule has 3 aromatic heterocycles. The highest BCUT2D eigenvalue weighted by atomic mass is 16.3. The zero-order chi connectivity index (χ0) is 34.2. The van der Waals surface area contributed by atoms with Crippen LogP contribution >= 0.6 is 0 Å². The van der Waals surface area contributed by atoms with E-state index < -0.39 is 0 Å². The van der Waals surface area contributed by atoms with Crippen molar-refractivity contribution in [3.63, 3.8) is 0 Å². The van der Waals surface area contributed by atoms with Crippen LogP contribution in [0, 0.1) is 11.8 Å². The maximum Gasteiger partial charge on any atom is 0.164 e. The summed E-state index contributed by atoms with van der Waals surface area (Å²) in [5, 5.41) is 6.33. The summed E-state index contributed by atoms with van der Waals surface area (Å²) in [6, 6.07) is 31.6. The predicted octanol–water partition coefficient (Wildman–Crippen LogP) is 12.1. The molecule has 11 rings (SSSR count). The first-order chi connectivity index (χ1) is 25.7. The molecule has 8 aromatic rings. The molecule has 0 radical (unpaired) electrons. The van der Waals surface area contributed by atoms with E-state index in [4.69, 9.17) is 23.8 Å². The normalized spacial score (nSPS) is 19.4. The molecule has 0 saturated carbocycles. The Kier molecular flexibility index (Phi) is 6.44. The Bertz CT molecular complexity index is 2970. The number of aromatic nitrogens is 3. The summed E-state index contributed by atoms with van der Waals surface area (Å²) in [6.45, 7) is 0. The summed E-state index contributed by atoms with van der Waals surface area (Å²) in [5.74, 6) is 2.78. The summed E-state index contributed by atoms with van der Waals surface area (Å²) in [5.41, 5.74) is 7.49. The molecule has 3 heterocycles. The second kappa shape index (κ2) is 11.5. The van der Waals surface area contributed by atoms with Crippen LogP contribution in [0.4, 0.5) is 0 Å². The lowest BCUT2D eigenvalue weighted by atomic mass is 9.81. The van der Waals surface area contributed by atoms with E-state index in [9.17, 15) is 0 Å². The number of para-hydroxylation sites is 1. The molecule has 5 heteroatoms. The second-order valence-corrected chi connectivity index (χ2v) is 13.9. The van der Waals surface area contributed by atoms with Gasteiger partial charge in [-0.1, -0.05) is 121 Å². The minimum Gasteiger partial charge on any atom is -0.456 e. The number of benzene rings is 5. The molecule has 5 nitrogen and oxygen atoms in total. The zero-order valence-corrected chi connectivity index (χ0v) is 28.1. The van der Waals surface area contributed by atoms with Gasteiger partial charge in [0, 0.05) is 55.8 Å². The first-order valence-electron chi connectivity index (χ1n) is 17.9. The highest BCUT2D eigenvalue weighted by Crippen LogP contribution is 2.43. The van der Waals surface area contributed by atoms with Gasteiger partial charge in [-0.3, -0.25) is 0 Å². The lowest BCUT2D eigenvalue weighted by Crippen LogP contribution is -2.11. The molecule has 0 fully saturated rings. The molecule has 52 heavy (non-hydrogen) atoms. The number of allylic oxidation sites excluding steroid dienone is 12. The Hall–Kier alpha value is -6.59. The second-order valence-electron chi connectivity index (χ2n) is 13.9. The smallest absolute Gasteiger partial charge is 0.164 e. The van der Waals surface area contributed by atoms with Crippen LogP contribution in [0.1, 0.15) is 23.7 Å². The van der Waals surface area contributed by atoms with Crippen molar-refractivity contribution in [2.75, 3.05) is 0 Å². The van der Waals surface area contributed by atoms with Crippen molar-refractivity contribution in [3.8, 4) is 22.8 Å². The van der Waals surface area contributed by atoms with E-state index in [1.54, 1.807) is 0 Å². The minimum absolute atomic E-state index is 0.0333. The van der Waals surface area contributed by atoms with Crippen LogP contribution in [0.25, 0.3) is 83.0 Å². The van der Waals surface area contributed by atoms with Crippen LogP contribution < -0.4 is 0 Å². The Balaban J connectivity index is 1.12. The van der Waals surface area contributed by atoms with Crippen molar-refractivity contribution in [3.05, 3.63) is 169 Å². The topological polar surface area (TPSA) is 65.0 Å². The molecule has 3 aliphatic carbocycles. The lowest BCUT2D eigenvalue weighted by Gasteiger charge is -2.23. The molecule has 0 bridgehead atoms. The third-order valence-corrected chi connectivity index (χ3v) is 10.7. The highest BCUT2D eigenvalue weighted by Gasteiger charge is 2.24. The van der Waals surface area contributed by atoms with Crippen LogP contribution in [-0.4, -0.2) is 15.0 Å². The van der Waals surface area contributed by atoms with Gasteiger partial charge in [0.2, 0.25) is 0 Å². The third-order valence-electron chi connectivity index (χ3n) is 10.7. The minimum atomic E-state index is 0.0333. The summed E-state index contributed by atoms with van der Waals surface area (Å²) < 4.78 is 13.1. The number of hydrogen-bond donors (Lipinski definition) is 0. The van der Waals surface area contributed by atoms with Gasteiger partial charge < -0.3 is 8.83 Å². The monoisotopic (exact) mass is 669 g/mol.